The average Bonchev–Trinajstić information content (AvgIpc) is 2.94. The van der Waals surface area contributed by atoms with E-state index in [1.54, 1.807) is 25.1 Å². The fraction of sp³-hybridized carbons (Fsp3) is 0.111. The normalized spacial score (nSPS) is 10.4. The summed E-state index contributed by atoms with van der Waals surface area (Å²) in [4.78, 5) is 12.3. The Morgan fingerprint density at radius 1 is 1.18 bits per heavy atom. The maximum atomic E-state index is 12.3. The molecule has 0 aliphatic rings. The van der Waals surface area contributed by atoms with Gasteiger partial charge in [-0.1, -0.05) is 24.3 Å². The van der Waals surface area contributed by atoms with Crippen molar-refractivity contribution in [2.45, 2.75) is 6.92 Å². The van der Waals surface area contributed by atoms with Gasteiger partial charge in [-0.05, 0) is 37.3 Å². The van der Waals surface area contributed by atoms with Crippen LogP contribution in [-0.2, 0) is 4.74 Å². The van der Waals surface area contributed by atoms with E-state index >= 15 is 0 Å². The summed E-state index contributed by atoms with van der Waals surface area (Å²) in [6, 6.07) is 18.8. The largest absolute Gasteiger partial charge is 0.461 e. The van der Waals surface area contributed by atoms with Gasteiger partial charge in [0.2, 0.25) is 0 Å². The van der Waals surface area contributed by atoms with Crippen molar-refractivity contribution in [2.24, 2.45) is 0 Å². The quantitative estimate of drug-likeness (QED) is 0.691. The number of aromatic nitrogens is 1. The number of rotatable bonds is 3. The molecule has 0 saturated carbocycles. The highest BCUT2D eigenvalue weighted by molar-refractivity contribution is 5.97. The van der Waals surface area contributed by atoms with Gasteiger partial charge in [0.15, 0.2) is 0 Å². The smallest absolute Gasteiger partial charge is 0.355 e. The number of hydrogen-bond acceptors (Lipinski definition) is 3. The van der Waals surface area contributed by atoms with E-state index in [4.69, 9.17) is 10.00 Å². The summed E-state index contributed by atoms with van der Waals surface area (Å²) in [5.74, 6) is -0.374. The SMILES string of the molecule is CCOC(=O)c1cc2ccccc2n1-c1cccc(C#N)c1. The number of para-hydroxylation sites is 1. The zero-order valence-electron chi connectivity index (χ0n) is 12.1. The number of carbonyl (C=O) groups is 1. The predicted molar refractivity (Wildman–Crippen MR) is 83.9 cm³/mol. The first-order valence-electron chi connectivity index (χ1n) is 7.02. The summed E-state index contributed by atoms with van der Waals surface area (Å²) < 4.78 is 6.98. The highest BCUT2D eigenvalue weighted by Gasteiger charge is 2.17. The second kappa shape index (κ2) is 5.74. The van der Waals surface area contributed by atoms with Crippen LogP contribution in [-0.4, -0.2) is 17.1 Å². The van der Waals surface area contributed by atoms with Gasteiger partial charge in [0.1, 0.15) is 5.69 Å². The molecular formula is C18H14N2O2. The van der Waals surface area contributed by atoms with Crippen molar-refractivity contribution in [3.05, 3.63) is 65.9 Å². The molecule has 0 N–H and O–H groups in total. The second-order valence-corrected chi connectivity index (χ2v) is 4.81. The van der Waals surface area contributed by atoms with Gasteiger partial charge in [-0.15, -0.1) is 0 Å². The molecule has 2 aromatic carbocycles. The minimum Gasteiger partial charge on any atom is -0.461 e. The minimum absolute atomic E-state index is 0.318. The molecule has 3 rings (SSSR count). The minimum atomic E-state index is -0.374. The van der Waals surface area contributed by atoms with Gasteiger partial charge in [0.25, 0.3) is 0 Å². The fourth-order valence-corrected chi connectivity index (χ4v) is 2.50. The Labute approximate surface area is 128 Å². The summed E-state index contributed by atoms with van der Waals surface area (Å²) >= 11 is 0. The Morgan fingerprint density at radius 3 is 2.77 bits per heavy atom. The molecule has 0 aliphatic heterocycles. The topological polar surface area (TPSA) is 55.0 Å². The summed E-state index contributed by atoms with van der Waals surface area (Å²) in [6.45, 7) is 2.10. The lowest BCUT2D eigenvalue weighted by molar-refractivity contribution is 0.0517. The molecule has 4 nitrogen and oxygen atoms in total. The third-order valence-corrected chi connectivity index (χ3v) is 3.43. The number of nitriles is 1. The van der Waals surface area contributed by atoms with Crippen LogP contribution in [0.4, 0.5) is 0 Å². The van der Waals surface area contributed by atoms with Gasteiger partial charge in [-0.2, -0.15) is 5.26 Å². The molecule has 3 aromatic rings. The molecule has 0 amide bonds. The summed E-state index contributed by atoms with van der Waals surface area (Å²) in [6.07, 6.45) is 0. The van der Waals surface area contributed by atoms with E-state index in [0.29, 0.717) is 17.9 Å². The molecule has 22 heavy (non-hydrogen) atoms. The first kappa shape index (κ1) is 13.9. The van der Waals surface area contributed by atoms with Gasteiger partial charge in [-0.3, -0.25) is 0 Å². The monoisotopic (exact) mass is 290 g/mol. The van der Waals surface area contributed by atoms with Crippen LogP contribution >= 0.6 is 0 Å². The lowest BCUT2D eigenvalue weighted by Crippen LogP contribution is -2.11. The van der Waals surface area contributed by atoms with Gasteiger partial charge in [0.05, 0.1) is 23.8 Å². The third kappa shape index (κ3) is 2.33. The number of ether oxygens (including phenoxy) is 1. The Hall–Kier alpha value is -3.06. The Kier molecular flexibility index (Phi) is 3.63. The second-order valence-electron chi connectivity index (χ2n) is 4.81. The average molecular weight is 290 g/mol. The molecule has 4 heteroatoms. The van der Waals surface area contributed by atoms with Crippen LogP contribution in [0.1, 0.15) is 23.0 Å². The predicted octanol–water partition coefficient (Wildman–Crippen LogP) is 3.68. The molecule has 0 saturated heterocycles. The zero-order valence-corrected chi connectivity index (χ0v) is 12.1. The molecule has 1 aromatic heterocycles. The first-order chi connectivity index (χ1) is 10.7. The molecular weight excluding hydrogens is 276 g/mol. The molecule has 0 fully saturated rings. The molecule has 0 radical (unpaired) electrons. The number of esters is 1. The van der Waals surface area contributed by atoms with Crippen LogP contribution in [0.2, 0.25) is 0 Å². The van der Waals surface area contributed by atoms with Crippen LogP contribution in [0.5, 0.6) is 0 Å². The maximum absolute atomic E-state index is 12.3. The molecule has 108 valence electrons. The number of benzene rings is 2. The summed E-state index contributed by atoms with van der Waals surface area (Å²) in [5, 5.41) is 10.0. The van der Waals surface area contributed by atoms with Gasteiger partial charge >= 0.3 is 5.97 Å². The van der Waals surface area contributed by atoms with Crippen molar-refractivity contribution in [2.75, 3.05) is 6.61 Å². The molecule has 1 heterocycles. The van der Waals surface area contributed by atoms with E-state index < -0.39 is 0 Å². The Bertz CT molecular complexity index is 887. The van der Waals surface area contributed by atoms with E-state index in [1.807, 2.05) is 41.0 Å². The van der Waals surface area contributed by atoms with Crippen LogP contribution in [0.15, 0.2) is 54.6 Å². The molecule has 0 spiro atoms. The third-order valence-electron chi connectivity index (χ3n) is 3.43. The van der Waals surface area contributed by atoms with Gasteiger partial charge in [-0.25, -0.2) is 4.79 Å². The van der Waals surface area contributed by atoms with Crippen molar-refractivity contribution in [3.8, 4) is 11.8 Å². The maximum Gasteiger partial charge on any atom is 0.355 e. The van der Waals surface area contributed by atoms with E-state index in [-0.39, 0.29) is 5.97 Å². The van der Waals surface area contributed by atoms with E-state index in [2.05, 4.69) is 6.07 Å². The Balaban J connectivity index is 2.28. The molecule has 0 aliphatic carbocycles. The fourth-order valence-electron chi connectivity index (χ4n) is 2.50. The Morgan fingerprint density at radius 2 is 2.00 bits per heavy atom. The van der Waals surface area contributed by atoms with E-state index in [1.165, 1.54) is 0 Å². The summed E-state index contributed by atoms with van der Waals surface area (Å²) in [5.41, 5.74) is 2.67. The van der Waals surface area contributed by atoms with Crippen molar-refractivity contribution in [1.82, 2.24) is 4.57 Å². The van der Waals surface area contributed by atoms with Gasteiger partial charge in [0, 0.05) is 11.1 Å². The molecule has 0 unspecified atom stereocenters. The molecule has 0 bridgehead atoms. The number of nitrogens with zero attached hydrogens (tertiary/aromatic N) is 2. The van der Waals surface area contributed by atoms with Gasteiger partial charge < -0.3 is 9.30 Å². The number of carbonyl (C=O) groups excluding carboxylic acids is 1. The van der Waals surface area contributed by atoms with Crippen LogP contribution in [0.25, 0.3) is 16.6 Å². The van der Waals surface area contributed by atoms with E-state index in [9.17, 15) is 4.79 Å². The lowest BCUT2D eigenvalue weighted by atomic mass is 10.2. The van der Waals surface area contributed by atoms with E-state index in [0.717, 1.165) is 16.6 Å². The van der Waals surface area contributed by atoms with Crippen molar-refractivity contribution < 1.29 is 9.53 Å². The van der Waals surface area contributed by atoms with Crippen LogP contribution in [0.3, 0.4) is 0 Å². The number of fused-ring (bicyclic) bond motifs is 1. The highest BCUT2D eigenvalue weighted by Crippen LogP contribution is 2.25. The summed E-state index contributed by atoms with van der Waals surface area (Å²) in [7, 11) is 0. The van der Waals surface area contributed by atoms with Crippen molar-refractivity contribution in [1.29, 1.82) is 5.26 Å². The zero-order chi connectivity index (χ0) is 15.5. The van der Waals surface area contributed by atoms with Crippen LogP contribution < -0.4 is 0 Å². The van der Waals surface area contributed by atoms with Crippen molar-refractivity contribution >= 4 is 16.9 Å². The highest BCUT2D eigenvalue weighted by atomic mass is 16.5. The van der Waals surface area contributed by atoms with Crippen molar-refractivity contribution in [3.63, 3.8) is 0 Å². The number of hydrogen-bond donors (Lipinski definition) is 0. The van der Waals surface area contributed by atoms with Crippen LogP contribution in [0, 0.1) is 11.3 Å². The molecule has 0 atom stereocenters. The first-order valence-corrected chi connectivity index (χ1v) is 7.02. The lowest BCUT2D eigenvalue weighted by Gasteiger charge is -2.10. The standard InChI is InChI=1S/C18H14N2O2/c1-2-22-18(21)17-11-14-7-3-4-9-16(14)20(17)15-8-5-6-13(10-15)12-19/h3-11H,2H2,1H3.